The van der Waals surface area contributed by atoms with Gasteiger partial charge in [-0.2, -0.15) is 5.10 Å². The molecule has 0 radical (unpaired) electrons. The van der Waals surface area contributed by atoms with Crippen LogP contribution in [-0.4, -0.2) is 48.2 Å². The summed E-state index contributed by atoms with van der Waals surface area (Å²) in [6, 6.07) is 0. The standard InChI is InChI=1S/C14H25N3O2/c1-6-11(7-2)14(18)13-12(19-5)10-15-17(13)9-8-16(3)4/h10-11H,6-9H2,1-5H3. The first-order valence-corrected chi connectivity index (χ1v) is 6.83. The van der Waals surface area contributed by atoms with Gasteiger partial charge in [-0.05, 0) is 26.9 Å². The van der Waals surface area contributed by atoms with Crippen LogP contribution in [-0.2, 0) is 6.54 Å². The molecule has 1 aromatic heterocycles. The number of Topliss-reactive ketones (excluding diaryl/α,β-unsaturated/α-hetero) is 1. The van der Waals surface area contributed by atoms with Crippen molar-refractivity contribution in [1.29, 1.82) is 0 Å². The molecule has 0 bridgehead atoms. The normalized spacial score (nSPS) is 11.3. The minimum atomic E-state index is 0.0451. The predicted molar refractivity (Wildman–Crippen MR) is 75.7 cm³/mol. The highest BCUT2D eigenvalue weighted by Gasteiger charge is 2.24. The van der Waals surface area contributed by atoms with Gasteiger partial charge in [-0.1, -0.05) is 13.8 Å². The number of aromatic nitrogens is 2. The van der Waals surface area contributed by atoms with Crippen LogP contribution in [0.2, 0.25) is 0 Å². The van der Waals surface area contributed by atoms with Gasteiger partial charge in [0, 0.05) is 12.5 Å². The van der Waals surface area contributed by atoms with Gasteiger partial charge < -0.3 is 9.64 Å². The van der Waals surface area contributed by atoms with Crippen LogP contribution in [0.4, 0.5) is 0 Å². The number of rotatable bonds is 8. The number of ether oxygens (including phenoxy) is 1. The molecule has 0 atom stereocenters. The van der Waals surface area contributed by atoms with E-state index in [1.807, 2.05) is 27.9 Å². The van der Waals surface area contributed by atoms with Gasteiger partial charge in [0.05, 0.1) is 19.9 Å². The van der Waals surface area contributed by atoms with Crippen molar-refractivity contribution >= 4 is 5.78 Å². The summed E-state index contributed by atoms with van der Waals surface area (Å²) in [4.78, 5) is 14.6. The van der Waals surface area contributed by atoms with E-state index in [-0.39, 0.29) is 11.7 Å². The average molecular weight is 267 g/mol. The van der Waals surface area contributed by atoms with Crippen LogP contribution in [0.25, 0.3) is 0 Å². The van der Waals surface area contributed by atoms with Crippen molar-refractivity contribution in [3.63, 3.8) is 0 Å². The fraction of sp³-hybridized carbons (Fsp3) is 0.714. The van der Waals surface area contributed by atoms with Crippen molar-refractivity contribution in [1.82, 2.24) is 14.7 Å². The van der Waals surface area contributed by atoms with Crippen LogP contribution in [0.3, 0.4) is 0 Å². The third-order valence-corrected chi connectivity index (χ3v) is 3.37. The van der Waals surface area contributed by atoms with E-state index in [0.29, 0.717) is 18.0 Å². The summed E-state index contributed by atoms with van der Waals surface area (Å²) in [5.74, 6) is 0.762. The van der Waals surface area contributed by atoms with Crippen molar-refractivity contribution in [2.45, 2.75) is 33.2 Å². The predicted octanol–water partition coefficient (Wildman–Crippen LogP) is 2.07. The fourth-order valence-electron chi connectivity index (χ4n) is 2.08. The molecule has 0 N–H and O–H groups in total. The molecule has 0 aliphatic carbocycles. The van der Waals surface area contributed by atoms with Gasteiger partial charge in [-0.3, -0.25) is 9.48 Å². The summed E-state index contributed by atoms with van der Waals surface area (Å²) in [5.41, 5.74) is 0.609. The van der Waals surface area contributed by atoms with Gasteiger partial charge in [0.15, 0.2) is 11.5 Å². The molecule has 0 saturated heterocycles. The van der Waals surface area contributed by atoms with Gasteiger partial charge in [0.2, 0.25) is 0 Å². The van der Waals surface area contributed by atoms with Crippen molar-refractivity contribution < 1.29 is 9.53 Å². The summed E-state index contributed by atoms with van der Waals surface area (Å²) in [7, 11) is 5.59. The van der Waals surface area contributed by atoms with Crippen LogP contribution in [0.5, 0.6) is 5.75 Å². The van der Waals surface area contributed by atoms with Crippen LogP contribution < -0.4 is 4.74 Å². The summed E-state index contributed by atoms with van der Waals surface area (Å²) >= 11 is 0. The summed E-state index contributed by atoms with van der Waals surface area (Å²) in [5, 5.41) is 4.28. The molecule has 0 spiro atoms. The van der Waals surface area contributed by atoms with E-state index in [9.17, 15) is 4.79 Å². The maximum atomic E-state index is 12.6. The number of likely N-dealkylation sites (N-methyl/N-ethyl adjacent to an activating group) is 1. The Morgan fingerprint density at radius 3 is 2.53 bits per heavy atom. The maximum Gasteiger partial charge on any atom is 0.187 e. The number of ketones is 1. The highest BCUT2D eigenvalue weighted by molar-refractivity contribution is 5.98. The Morgan fingerprint density at radius 1 is 1.42 bits per heavy atom. The molecule has 1 aromatic rings. The Kier molecular flexibility index (Phi) is 6.02. The number of hydrogen-bond donors (Lipinski definition) is 0. The number of carbonyl (C=O) groups is 1. The summed E-state index contributed by atoms with van der Waals surface area (Å²) < 4.78 is 7.04. The van der Waals surface area contributed by atoms with E-state index in [0.717, 1.165) is 19.4 Å². The highest BCUT2D eigenvalue weighted by atomic mass is 16.5. The molecular weight excluding hydrogens is 242 g/mol. The second kappa shape index (κ2) is 7.28. The van der Waals surface area contributed by atoms with E-state index < -0.39 is 0 Å². The molecule has 0 saturated carbocycles. The number of carbonyl (C=O) groups excluding carboxylic acids is 1. The first-order chi connectivity index (χ1) is 9.04. The average Bonchev–Trinajstić information content (AvgIpc) is 2.80. The van der Waals surface area contributed by atoms with Crippen LogP contribution in [0.15, 0.2) is 6.20 Å². The first kappa shape index (κ1) is 15.7. The molecular formula is C14H25N3O2. The van der Waals surface area contributed by atoms with E-state index in [4.69, 9.17) is 4.74 Å². The first-order valence-electron chi connectivity index (χ1n) is 6.83. The van der Waals surface area contributed by atoms with Crippen molar-refractivity contribution in [2.24, 2.45) is 5.92 Å². The van der Waals surface area contributed by atoms with Crippen LogP contribution in [0.1, 0.15) is 37.2 Å². The van der Waals surface area contributed by atoms with Gasteiger partial charge in [0.1, 0.15) is 5.69 Å². The Bertz CT molecular complexity index is 409. The quantitative estimate of drug-likeness (QED) is 0.677. The molecule has 1 rings (SSSR count). The lowest BCUT2D eigenvalue weighted by Crippen LogP contribution is -2.24. The SMILES string of the molecule is CCC(CC)C(=O)c1c(OC)cnn1CCN(C)C. The number of hydrogen-bond acceptors (Lipinski definition) is 4. The molecule has 108 valence electrons. The highest BCUT2D eigenvalue weighted by Crippen LogP contribution is 2.24. The smallest absolute Gasteiger partial charge is 0.187 e. The van der Waals surface area contributed by atoms with Gasteiger partial charge in [-0.15, -0.1) is 0 Å². The van der Waals surface area contributed by atoms with Crippen LogP contribution in [0, 0.1) is 5.92 Å². The molecule has 0 fully saturated rings. The largest absolute Gasteiger partial charge is 0.493 e. The lowest BCUT2D eigenvalue weighted by molar-refractivity contribution is 0.0898. The molecule has 19 heavy (non-hydrogen) atoms. The number of methoxy groups -OCH3 is 1. The molecule has 0 amide bonds. The monoisotopic (exact) mass is 267 g/mol. The van der Waals surface area contributed by atoms with E-state index in [1.165, 1.54) is 0 Å². The minimum absolute atomic E-state index is 0.0451. The van der Waals surface area contributed by atoms with Gasteiger partial charge >= 0.3 is 0 Å². The zero-order valence-corrected chi connectivity index (χ0v) is 12.6. The zero-order chi connectivity index (χ0) is 14.4. The Hall–Kier alpha value is -1.36. The molecule has 0 aliphatic heterocycles. The van der Waals surface area contributed by atoms with Crippen molar-refractivity contribution in [3.8, 4) is 5.75 Å². The van der Waals surface area contributed by atoms with Gasteiger partial charge in [0.25, 0.3) is 0 Å². The third kappa shape index (κ3) is 3.80. The molecule has 0 aromatic carbocycles. The Balaban J connectivity index is 3.01. The van der Waals surface area contributed by atoms with Gasteiger partial charge in [-0.25, -0.2) is 0 Å². The lowest BCUT2D eigenvalue weighted by atomic mass is 9.95. The Labute approximate surface area is 115 Å². The molecule has 0 unspecified atom stereocenters. The molecule has 1 heterocycles. The second-order valence-corrected chi connectivity index (χ2v) is 4.97. The molecule has 5 heteroatoms. The van der Waals surface area contributed by atoms with E-state index >= 15 is 0 Å². The topological polar surface area (TPSA) is 47.4 Å². The lowest BCUT2D eigenvalue weighted by Gasteiger charge is -2.15. The molecule has 5 nitrogen and oxygen atoms in total. The second-order valence-electron chi connectivity index (χ2n) is 4.97. The minimum Gasteiger partial charge on any atom is -0.493 e. The van der Waals surface area contributed by atoms with Crippen molar-refractivity contribution in [3.05, 3.63) is 11.9 Å². The Morgan fingerprint density at radius 2 is 2.05 bits per heavy atom. The summed E-state index contributed by atoms with van der Waals surface area (Å²) in [6.07, 6.45) is 3.32. The van der Waals surface area contributed by atoms with Crippen LogP contribution >= 0.6 is 0 Å². The molecule has 0 aliphatic rings. The number of nitrogens with zero attached hydrogens (tertiary/aromatic N) is 3. The fourth-order valence-corrected chi connectivity index (χ4v) is 2.08. The van der Waals surface area contributed by atoms with E-state index in [2.05, 4.69) is 10.00 Å². The zero-order valence-electron chi connectivity index (χ0n) is 12.6. The van der Waals surface area contributed by atoms with E-state index in [1.54, 1.807) is 18.0 Å². The summed E-state index contributed by atoms with van der Waals surface area (Å²) in [6.45, 7) is 5.61. The third-order valence-electron chi connectivity index (χ3n) is 3.37. The van der Waals surface area contributed by atoms with Crippen molar-refractivity contribution in [2.75, 3.05) is 27.7 Å². The maximum absolute atomic E-state index is 12.6.